The molecular weight excluding hydrogens is 242 g/mol. The predicted molar refractivity (Wildman–Crippen MR) is 78.2 cm³/mol. The Bertz CT molecular complexity index is 338. The van der Waals surface area contributed by atoms with Crippen LogP contribution in [0.25, 0.3) is 0 Å². The zero-order chi connectivity index (χ0) is 12.8. The first-order chi connectivity index (χ1) is 8.72. The first kappa shape index (κ1) is 14.0. The summed E-state index contributed by atoms with van der Waals surface area (Å²) in [7, 11) is 0. The highest BCUT2D eigenvalue weighted by atomic mass is 32.1. The Morgan fingerprint density at radius 2 is 2.28 bits per heavy atom. The van der Waals surface area contributed by atoms with Crippen molar-refractivity contribution in [3.05, 3.63) is 22.4 Å². The molecule has 1 N–H and O–H groups in total. The largest absolute Gasteiger partial charge is 0.390 e. The molecular formula is C15H25NOS. The summed E-state index contributed by atoms with van der Waals surface area (Å²) in [6, 6.07) is 2.17. The average Bonchev–Trinajstić information content (AvgIpc) is 2.81. The zero-order valence-corrected chi connectivity index (χ0v) is 12.2. The molecule has 18 heavy (non-hydrogen) atoms. The fraction of sp³-hybridized carbons (Fsp3) is 0.733. The standard InChI is InChI=1S/C15H25NOS/c1-2-9-16-10-3-6-15(17,8-11-16)7-4-14-5-12-18-13-14/h5,12-13,17H,2-4,6-11H2,1H3. The number of hydrogen-bond donors (Lipinski definition) is 1. The van der Waals surface area contributed by atoms with Gasteiger partial charge in [-0.05, 0) is 74.0 Å². The third-order valence-corrected chi connectivity index (χ3v) is 4.74. The number of rotatable bonds is 5. The Labute approximate surface area is 115 Å². The van der Waals surface area contributed by atoms with E-state index in [4.69, 9.17) is 0 Å². The molecule has 1 fully saturated rings. The maximum absolute atomic E-state index is 10.7. The molecule has 0 bridgehead atoms. The number of hydrogen-bond acceptors (Lipinski definition) is 3. The second-order valence-electron chi connectivity index (χ2n) is 5.55. The van der Waals surface area contributed by atoms with Gasteiger partial charge in [-0.2, -0.15) is 11.3 Å². The Kier molecular flexibility index (Phi) is 5.22. The van der Waals surface area contributed by atoms with E-state index in [1.807, 2.05) is 0 Å². The minimum absolute atomic E-state index is 0.426. The molecule has 0 saturated carbocycles. The molecule has 2 rings (SSSR count). The first-order valence-corrected chi connectivity index (χ1v) is 8.12. The quantitative estimate of drug-likeness (QED) is 0.885. The molecule has 0 radical (unpaired) electrons. The molecule has 0 aliphatic carbocycles. The molecule has 1 unspecified atom stereocenters. The van der Waals surface area contributed by atoms with Gasteiger partial charge in [-0.3, -0.25) is 0 Å². The van der Waals surface area contributed by atoms with Crippen molar-refractivity contribution in [1.29, 1.82) is 0 Å². The zero-order valence-electron chi connectivity index (χ0n) is 11.4. The second kappa shape index (κ2) is 6.69. The van der Waals surface area contributed by atoms with Crippen molar-refractivity contribution in [2.45, 2.75) is 51.0 Å². The third-order valence-electron chi connectivity index (χ3n) is 4.01. The van der Waals surface area contributed by atoms with Crippen molar-refractivity contribution in [2.75, 3.05) is 19.6 Å². The average molecular weight is 267 g/mol. The summed E-state index contributed by atoms with van der Waals surface area (Å²) >= 11 is 1.75. The topological polar surface area (TPSA) is 23.5 Å². The number of thiophene rings is 1. The minimum Gasteiger partial charge on any atom is -0.390 e. The van der Waals surface area contributed by atoms with Crippen LogP contribution >= 0.6 is 11.3 Å². The fourth-order valence-electron chi connectivity index (χ4n) is 2.84. The highest BCUT2D eigenvalue weighted by molar-refractivity contribution is 7.07. The monoisotopic (exact) mass is 267 g/mol. The molecule has 1 aliphatic heterocycles. The fourth-order valence-corrected chi connectivity index (χ4v) is 3.54. The summed E-state index contributed by atoms with van der Waals surface area (Å²) in [6.07, 6.45) is 6.21. The summed E-state index contributed by atoms with van der Waals surface area (Å²) in [5.74, 6) is 0. The van der Waals surface area contributed by atoms with Crippen LogP contribution in [-0.4, -0.2) is 35.2 Å². The van der Waals surface area contributed by atoms with Crippen LogP contribution < -0.4 is 0 Å². The van der Waals surface area contributed by atoms with Crippen LogP contribution in [0, 0.1) is 0 Å². The Morgan fingerprint density at radius 3 is 3.00 bits per heavy atom. The van der Waals surface area contributed by atoms with Gasteiger partial charge < -0.3 is 10.0 Å². The van der Waals surface area contributed by atoms with Gasteiger partial charge >= 0.3 is 0 Å². The lowest BCUT2D eigenvalue weighted by atomic mass is 9.89. The Balaban J connectivity index is 1.83. The number of nitrogens with zero attached hydrogens (tertiary/aromatic N) is 1. The van der Waals surface area contributed by atoms with E-state index in [1.165, 1.54) is 18.5 Å². The van der Waals surface area contributed by atoms with Crippen molar-refractivity contribution in [2.24, 2.45) is 0 Å². The molecule has 2 nitrogen and oxygen atoms in total. The molecule has 0 amide bonds. The molecule has 1 aliphatic rings. The highest BCUT2D eigenvalue weighted by Crippen LogP contribution is 2.27. The Hall–Kier alpha value is -0.380. The van der Waals surface area contributed by atoms with Gasteiger partial charge in [-0.15, -0.1) is 0 Å². The van der Waals surface area contributed by atoms with E-state index in [1.54, 1.807) is 11.3 Å². The Morgan fingerprint density at radius 1 is 1.39 bits per heavy atom. The second-order valence-corrected chi connectivity index (χ2v) is 6.33. The van der Waals surface area contributed by atoms with Crippen LogP contribution in [-0.2, 0) is 6.42 Å². The smallest absolute Gasteiger partial charge is 0.0663 e. The van der Waals surface area contributed by atoms with E-state index in [9.17, 15) is 5.11 Å². The maximum Gasteiger partial charge on any atom is 0.0663 e. The summed E-state index contributed by atoms with van der Waals surface area (Å²) in [5.41, 5.74) is 0.952. The van der Waals surface area contributed by atoms with Gasteiger partial charge in [0, 0.05) is 6.54 Å². The maximum atomic E-state index is 10.7. The molecule has 3 heteroatoms. The van der Waals surface area contributed by atoms with Gasteiger partial charge in [0.25, 0.3) is 0 Å². The van der Waals surface area contributed by atoms with Gasteiger partial charge in [-0.1, -0.05) is 6.92 Å². The van der Waals surface area contributed by atoms with E-state index in [0.29, 0.717) is 0 Å². The minimum atomic E-state index is -0.426. The van der Waals surface area contributed by atoms with Crippen LogP contribution in [0.4, 0.5) is 0 Å². The summed E-state index contributed by atoms with van der Waals surface area (Å²) in [6.45, 7) is 5.64. The normalized spacial score (nSPS) is 26.1. The summed E-state index contributed by atoms with van der Waals surface area (Å²) in [5, 5.41) is 15.0. The summed E-state index contributed by atoms with van der Waals surface area (Å²) in [4.78, 5) is 2.50. The van der Waals surface area contributed by atoms with Crippen molar-refractivity contribution < 1.29 is 5.11 Å². The molecule has 2 heterocycles. The van der Waals surface area contributed by atoms with Crippen LogP contribution in [0.15, 0.2) is 16.8 Å². The number of likely N-dealkylation sites (tertiary alicyclic amines) is 1. The lowest BCUT2D eigenvalue weighted by Crippen LogP contribution is -2.32. The van der Waals surface area contributed by atoms with E-state index < -0.39 is 5.60 Å². The van der Waals surface area contributed by atoms with E-state index in [-0.39, 0.29) is 0 Å². The molecule has 0 aromatic carbocycles. The van der Waals surface area contributed by atoms with Crippen molar-refractivity contribution in [1.82, 2.24) is 4.90 Å². The van der Waals surface area contributed by atoms with E-state index in [0.717, 1.165) is 45.2 Å². The predicted octanol–water partition coefficient (Wildman–Crippen LogP) is 3.31. The number of aliphatic hydroxyl groups is 1. The molecule has 1 saturated heterocycles. The number of aryl methyl sites for hydroxylation is 1. The lowest BCUT2D eigenvalue weighted by Gasteiger charge is -2.27. The van der Waals surface area contributed by atoms with E-state index >= 15 is 0 Å². The van der Waals surface area contributed by atoms with Crippen molar-refractivity contribution in [3.8, 4) is 0 Å². The van der Waals surface area contributed by atoms with Crippen LogP contribution in [0.3, 0.4) is 0 Å². The molecule has 0 spiro atoms. The van der Waals surface area contributed by atoms with Gasteiger partial charge in [0.1, 0.15) is 0 Å². The first-order valence-electron chi connectivity index (χ1n) is 7.18. The molecule has 1 aromatic rings. The van der Waals surface area contributed by atoms with Gasteiger partial charge in [0.05, 0.1) is 5.60 Å². The summed E-state index contributed by atoms with van der Waals surface area (Å²) < 4.78 is 0. The van der Waals surface area contributed by atoms with Crippen LogP contribution in [0.2, 0.25) is 0 Å². The van der Waals surface area contributed by atoms with Gasteiger partial charge in [-0.25, -0.2) is 0 Å². The highest BCUT2D eigenvalue weighted by Gasteiger charge is 2.29. The van der Waals surface area contributed by atoms with E-state index in [2.05, 4.69) is 28.7 Å². The molecule has 102 valence electrons. The lowest BCUT2D eigenvalue weighted by molar-refractivity contribution is 0.0173. The van der Waals surface area contributed by atoms with Crippen LogP contribution in [0.1, 0.15) is 44.6 Å². The van der Waals surface area contributed by atoms with Gasteiger partial charge in [0.15, 0.2) is 0 Å². The van der Waals surface area contributed by atoms with Crippen LogP contribution in [0.5, 0.6) is 0 Å². The van der Waals surface area contributed by atoms with Gasteiger partial charge in [0.2, 0.25) is 0 Å². The molecule has 1 atom stereocenters. The molecule has 1 aromatic heterocycles. The van der Waals surface area contributed by atoms with Crippen molar-refractivity contribution in [3.63, 3.8) is 0 Å². The van der Waals surface area contributed by atoms with Crippen molar-refractivity contribution >= 4 is 11.3 Å². The third kappa shape index (κ3) is 4.08. The SMILES string of the molecule is CCCN1CCCC(O)(CCc2ccsc2)CC1.